The fourth-order valence-electron chi connectivity index (χ4n) is 2.58. The Balaban J connectivity index is 2.38. The van der Waals surface area contributed by atoms with Crippen molar-refractivity contribution in [2.24, 2.45) is 11.3 Å². The summed E-state index contributed by atoms with van der Waals surface area (Å²) in [5.41, 5.74) is 0.665. The van der Waals surface area contributed by atoms with E-state index in [1.807, 2.05) is 0 Å². The lowest BCUT2D eigenvalue weighted by molar-refractivity contribution is 0.230. The summed E-state index contributed by atoms with van der Waals surface area (Å²) in [6.45, 7) is 9.72. The van der Waals surface area contributed by atoms with E-state index < -0.39 is 0 Å². The zero-order valence-corrected chi connectivity index (χ0v) is 10.5. The van der Waals surface area contributed by atoms with Gasteiger partial charge in [0.15, 0.2) is 0 Å². The molecular formula is C13H27N. The van der Waals surface area contributed by atoms with Crippen molar-refractivity contribution in [1.29, 1.82) is 0 Å². The van der Waals surface area contributed by atoms with E-state index in [-0.39, 0.29) is 0 Å². The molecule has 0 aliphatic carbocycles. The van der Waals surface area contributed by atoms with Gasteiger partial charge in [-0.1, -0.05) is 33.6 Å². The number of hydrogen-bond acceptors (Lipinski definition) is 1. The van der Waals surface area contributed by atoms with E-state index in [4.69, 9.17) is 0 Å². The van der Waals surface area contributed by atoms with Crippen LogP contribution in [0, 0.1) is 11.3 Å². The third kappa shape index (κ3) is 2.98. The van der Waals surface area contributed by atoms with Gasteiger partial charge in [0.05, 0.1) is 0 Å². The maximum absolute atomic E-state index is 2.50. The van der Waals surface area contributed by atoms with E-state index in [0.29, 0.717) is 5.41 Å². The first-order chi connectivity index (χ1) is 6.62. The first kappa shape index (κ1) is 12.0. The molecule has 1 rings (SSSR count). The molecule has 0 aromatic heterocycles. The van der Waals surface area contributed by atoms with Gasteiger partial charge in [0.1, 0.15) is 0 Å². The standard InChI is InChI=1S/C13H27N/c1-5-12(3)7-8-13(6-2)9-10-14(4)11-13/h12H,5-11H2,1-4H3. The van der Waals surface area contributed by atoms with E-state index in [1.54, 1.807) is 0 Å². The van der Waals surface area contributed by atoms with Crippen LogP contribution in [-0.4, -0.2) is 25.0 Å². The predicted octanol–water partition coefficient (Wildman–Crippen LogP) is 3.54. The van der Waals surface area contributed by atoms with Crippen LogP contribution in [0.5, 0.6) is 0 Å². The lowest BCUT2D eigenvalue weighted by Crippen LogP contribution is -2.25. The highest BCUT2D eigenvalue weighted by atomic mass is 15.1. The van der Waals surface area contributed by atoms with Gasteiger partial charge in [0, 0.05) is 6.54 Å². The van der Waals surface area contributed by atoms with Gasteiger partial charge in [-0.05, 0) is 44.2 Å². The van der Waals surface area contributed by atoms with Gasteiger partial charge >= 0.3 is 0 Å². The van der Waals surface area contributed by atoms with Gasteiger partial charge in [0.25, 0.3) is 0 Å². The van der Waals surface area contributed by atoms with Crippen molar-refractivity contribution in [3.63, 3.8) is 0 Å². The molecule has 84 valence electrons. The Kier molecular flexibility index (Phi) is 4.43. The Hall–Kier alpha value is -0.0400. The second-order valence-corrected chi connectivity index (χ2v) is 5.39. The molecule has 0 spiro atoms. The molecule has 0 aromatic carbocycles. The zero-order valence-electron chi connectivity index (χ0n) is 10.5. The van der Waals surface area contributed by atoms with Gasteiger partial charge < -0.3 is 4.90 Å². The summed E-state index contributed by atoms with van der Waals surface area (Å²) < 4.78 is 0. The van der Waals surface area contributed by atoms with Crippen molar-refractivity contribution < 1.29 is 0 Å². The molecule has 1 aliphatic rings. The second kappa shape index (κ2) is 5.16. The van der Waals surface area contributed by atoms with Crippen LogP contribution in [0.15, 0.2) is 0 Å². The Morgan fingerprint density at radius 2 is 2.07 bits per heavy atom. The Labute approximate surface area is 89.9 Å². The van der Waals surface area contributed by atoms with Crippen molar-refractivity contribution in [2.75, 3.05) is 20.1 Å². The minimum absolute atomic E-state index is 0.665. The summed E-state index contributed by atoms with van der Waals surface area (Å²) in [6.07, 6.45) is 7.01. The van der Waals surface area contributed by atoms with E-state index in [2.05, 4.69) is 32.7 Å². The molecule has 0 N–H and O–H groups in total. The van der Waals surface area contributed by atoms with Gasteiger partial charge in [-0.15, -0.1) is 0 Å². The predicted molar refractivity (Wildman–Crippen MR) is 63.5 cm³/mol. The Morgan fingerprint density at radius 3 is 2.50 bits per heavy atom. The molecule has 1 heteroatoms. The summed E-state index contributed by atoms with van der Waals surface area (Å²) in [5, 5.41) is 0. The van der Waals surface area contributed by atoms with Crippen molar-refractivity contribution in [3.8, 4) is 0 Å². The molecule has 0 saturated carbocycles. The first-order valence-electron chi connectivity index (χ1n) is 6.30. The average molecular weight is 197 g/mol. The van der Waals surface area contributed by atoms with Crippen molar-refractivity contribution in [3.05, 3.63) is 0 Å². The molecule has 1 nitrogen and oxygen atoms in total. The molecular weight excluding hydrogens is 170 g/mol. The van der Waals surface area contributed by atoms with Gasteiger partial charge in [-0.3, -0.25) is 0 Å². The highest BCUT2D eigenvalue weighted by Gasteiger charge is 2.34. The lowest BCUT2D eigenvalue weighted by Gasteiger charge is -2.28. The van der Waals surface area contributed by atoms with E-state index in [9.17, 15) is 0 Å². The minimum Gasteiger partial charge on any atom is -0.306 e. The van der Waals surface area contributed by atoms with Crippen LogP contribution in [0.4, 0.5) is 0 Å². The summed E-state index contributed by atoms with van der Waals surface area (Å²) >= 11 is 0. The summed E-state index contributed by atoms with van der Waals surface area (Å²) in [5.74, 6) is 0.921. The molecule has 14 heavy (non-hydrogen) atoms. The van der Waals surface area contributed by atoms with Crippen molar-refractivity contribution in [2.45, 2.75) is 52.9 Å². The number of hydrogen-bond donors (Lipinski definition) is 0. The van der Waals surface area contributed by atoms with Crippen LogP contribution in [0.2, 0.25) is 0 Å². The molecule has 0 amide bonds. The van der Waals surface area contributed by atoms with Crippen LogP contribution >= 0.6 is 0 Å². The number of rotatable bonds is 5. The summed E-state index contributed by atoms with van der Waals surface area (Å²) in [4.78, 5) is 2.50. The topological polar surface area (TPSA) is 3.24 Å². The fourth-order valence-corrected chi connectivity index (χ4v) is 2.58. The second-order valence-electron chi connectivity index (χ2n) is 5.39. The molecule has 0 aromatic rings. The average Bonchev–Trinajstić information content (AvgIpc) is 2.57. The molecule has 0 radical (unpaired) electrons. The Bertz CT molecular complexity index is 167. The van der Waals surface area contributed by atoms with E-state index in [1.165, 1.54) is 45.2 Å². The summed E-state index contributed by atoms with van der Waals surface area (Å²) in [6, 6.07) is 0. The monoisotopic (exact) mass is 197 g/mol. The fraction of sp³-hybridized carbons (Fsp3) is 1.00. The molecule has 1 heterocycles. The SMILES string of the molecule is CCC(C)CCC1(CC)CCN(C)C1. The lowest BCUT2D eigenvalue weighted by atomic mass is 9.78. The normalized spacial score (nSPS) is 30.9. The quantitative estimate of drug-likeness (QED) is 0.651. The van der Waals surface area contributed by atoms with Crippen molar-refractivity contribution in [1.82, 2.24) is 4.90 Å². The molecule has 1 saturated heterocycles. The largest absolute Gasteiger partial charge is 0.306 e. The molecule has 0 bridgehead atoms. The van der Waals surface area contributed by atoms with E-state index >= 15 is 0 Å². The van der Waals surface area contributed by atoms with Crippen LogP contribution < -0.4 is 0 Å². The minimum atomic E-state index is 0.665. The Morgan fingerprint density at radius 1 is 1.36 bits per heavy atom. The van der Waals surface area contributed by atoms with Crippen LogP contribution in [-0.2, 0) is 0 Å². The number of likely N-dealkylation sites (tertiary alicyclic amines) is 1. The molecule has 2 atom stereocenters. The molecule has 1 aliphatic heterocycles. The van der Waals surface area contributed by atoms with E-state index in [0.717, 1.165) is 5.92 Å². The number of nitrogens with zero attached hydrogens (tertiary/aromatic N) is 1. The smallest absolute Gasteiger partial charge is 0.00353 e. The van der Waals surface area contributed by atoms with Gasteiger partial charge in [-0.2, -0.15) is 0 Å². The maximum atomic E-state index is 2.50. The summed E-state index contributed by atoms with van der Waals surface area (Å²) in [7, 11) is 2.26. The van der Waals surface area contributed by atoms with Crippen LogP contribution in [0.3, 0.4) is 0 Å². The van der Waals surface area contributed by atoms with Gasteiger partial charge in [0.2, 0.25) is 0 Å². The van der Waals surface area contributed by atoms with Crippen LogP contribution in [0.25, 0.3) is 0 Å². The van der Waals surface area contributed by atoms with Crippen molar-refractivity contribution >= 4 is 0 Å². The third-order valence-corrected chi connectivity index (χ3v) is 4.24. The maximum Gasteiger partial charge on any atom is 0.00353 e. The van der Waals surface area contributed by atoms with Gasteiger partial charge in [-0.25, -0.2) is 0 Å². The first-order valence-corrected chi connectivity index (χ1v) is 6.30. The van der Waals surface area contributed by atoms with Crippen LogP contribution in [0.1, 0.15) is 52.9 Å². The third-order valence-electron chi connectivity index (χ3n) is 4.24. The highest BCUT2D eigenvalue weighted by Crippen LogP contribution is 2.38. The molecule has 2 unspecified atom stereocenters. The highest BCUT2D eigenvalue weighted by molar-refractivity contribution is 4.87. The zero-order chi connectivity index (χ0) is 10.6. The molecule has 1 fully saturated rings.